The maximum atomic E-state index is 12.5. The largest absolute Gasteiger partial charge is 0.377 e. The quantitative estimate of drug-likeness (QED) is 0.692. The maximum absolute atomic E-state index is 12.5. The number of hydrogen-bond acceptors (Lipinski definition) is 4. The van der Waals surface area contributed by atoms with Crippen molar-refractivity contribution in [3.8, 4) is 0 Å². The molecule has 2 amide bonds. The second-order valence-electron chi connectivity index (χ2n) is 7.76. The molecule has 0 aromatic carbocycles. The van der Waals surface area contributed by atoms with Gasteiger partial charge >= 0.3 is 0 Å². The Morgan fingerprint density at radius 1 is 1.33 bits per heavy atom. The number of nitrogens with two attached hydrogens (primary N) is 1. The van der Waals surface area contributed by atoms with Crippen LogP contribution in [0.4, 0.5) is 0 Å². The molecule has 6 heteroatoms. The molecule has 3 unspecified atom stereocenters. The first-order chi connectivity index (χ1) is 9.50. The molecule has 21 heavy (non-hydrogen) atoms. The molecule has 1 saturated heterocycles. The highest BCUT2D eigenvalue weighted by Gasteiger charge is 2.71. The number of hydrogen-bond donors (Lipinski definition) is 3. The fourth-order valence-corrected chi connectivity index (χ4v) is 3.61. The molecule has 0 bridgehead atoms. The van der Waals surface area contributed by atoms with Gasteiger partial charge in [0.05, 0.1) is 12.6 Å². The number of rotatable bonds is 3. The van der Waals surface area contributed by atoms with Gasteiger partial charge in [-0.3, -0.25) is 9.59 Å². The summed E-state index contributed by atoms with van der Waals surface area (Å²) < 4.78 is 5.66. The topological polar surface area (TPSA) is 93.5 Å². The Morgan fingerprint density at radius 2 is 1.95 bits per heavy atom. The zero-order chi connectivity index (χ0) is 16.1. The summed E-state index contributed by atoms with van der Waals surface area (Å²) >= 11 is 0. The van der Waals surface area contributed by atoms with Crippen molar-refractivity contribution in [3.63, 3.8) is 0 Å². The minimum atomic E-state index is -0.962. The Hall–Kier alpha value is -1.14. The van der Waals surface area contributed by atoms with Crippen molar-refractivity contribution in [2.45, 2.75) is 58.2 Å². The second kappa shape index (κ2) is 4.95. The van der Waals surface area contributed by atoms with E-state index in [1.165, 1.54) is 0 Å². The summed E-state index contributed by atoms with van der Waals surface area (Å²) in [6.07, 6.45) is 0.836. The Kier molecular flexibility index (Phi) is 3.83. The van der Waals surface area contributed by atoms with E-state index in [1.54, 1.807) is 0 Å². The highest BCUT2D eigenvalue weighted by molar-refractivity contribution is 5.92. The van der Waals surface area contributed by atoms with Crippen molar-refractivity contribution in [2.24, 2.45) is 17.1 Å². The van der Waals surface area contributed by atoms with Crippen LogP contribution in [0.5, 0.6) is 0 Å². The van der Waals surface area contributed by atoms with Crippen molar-refractivity contribution in [1.82, 2.24) is 10.6 Å². The Balaban J connectivity index is 1.96. The van der Waals surface area contributed by atoms with Gasteiger partial charge in [-0.25, -0.2) is 0 Å². The van der Waals surface area contributed by atoms with Gasteiger partial charge in [0.15, 0.2) is 0 Å². The predicted molar refractivity (Wildman–Crippen MR) is 79.5 cm³/mol. The maximum Gasteiger partial charge on any atom is 0.241 e. The van der Waals surface area contributed by atoms with Gasteiger partial charge in [-0.15, -0.1) is 0 Å². The van der Waals surface area contributed by atoms with Crippen LogP contribution in [0.3, 0.4) is 0 Å². The molecule has 1 aliphatic heterocycles. The molecule has 1 aliphatic carbocycles. The number of amides is 2. The summed E-state index contributed by atoms with van der Waals surface area (Å²) in [5, 5.41) is 5.49. The minimum absolute atomic E-state index is 0.0386. The number of carbonyl (C=O) groups excluding carboxylic acids is 2. The van der Waals surface area contributed by atoms with Crippen molar-refractivity contribution in [1.29, 1.82) is 0 Å². The van der Waals surface area contributed by atoms with E-state index in [2.05, 4.69) is 10.6 Å². The van der Waals surface area contributed by atoms with Gasteiger partial charge in [0.25, 0.3) is 0 Å². The molecule has 0 radical (unpaired) electrons. The fourth-order valence-electron chi connectivity index (χ4n) is 3.61. The van der Waals surface area contributed by atoms with E-state index in [-0.39, 0.29) is 35.9 Å². The first-order valence-electron chi connectivity index (χ1n) is 7.50. The normalized spacial score (nSPS) is 33.8. The molecule has 1 saturated carbocycles. The van der Waals surface area contributed by atoms with Gasteiger partial charge in [-0.1, -0.05) is 13.8 Å². The zero-order valence-electron chi connectivity index (χ0n) is 13.6. The molecule has 2 rings (SSSR count). The van der Waals surface area contributed by atoms with Crippen LogP contribution in [0.2, 0.25) is 0 Å². The van der Waals surface area contributed by atoms with Crippen molar-refractivity contribution in [2.75, 3.05) is 13.2 Å². The predicted octanol–water partition coefficient (Wildman–Crippen LogP) is 0.160. The summed E-state index contributed by atoms with van der Waals surface area (Å²) in [5.41, 5.74) is 4.70. The summed E-state index contributed by atoms with van der Waals surface area (Å²) in [5.74, 6) is -0.433. The molecule has 3 atom stereocenters. The smallest absolute Gasteiger partial charge is 0.241 e. The monoisotopic (exact) mass is 297 g/mol. The molecule has 120 valence electrons. The van der Waals surface area contributed by atoms with Crippen LogP contribution >= 0.6 is 0 Å². The van der Waals surface area contributed by atoms with E-state index in [9.17, 15) is 9.59 Å². The first-order valence-corrected chi connectivity index (χ1v) is 7.50. The van der Waals surface area contributed by atoms with Gasteiger partial charge in [0.2, 0.25) is 11.8 Å². The van der Waals surface area contributed by atoms with Crippen LogP contribution in [-0.2, 0) is 14.3 Å². The third kappa shape index (κ3) is 2.55. The van der Waals surface area contributed by atoms with Gasteiger partial charge in [0, 0.05) is 23.5 Å². The molecular formula is C15H27N3O3. The van der Waals surface area contributed by atoms with E-state index in [0.29, 0.717) is 6.61 Å². The summed E-state index contributed by atoms with van der Waals surface area (Å²) in [4.78, 5) is 24.3. The molecule has 0 aromatic heterocycles. The highest BCUT2D eigenvalue weighted by atomic mass is 16.5. The van der Waals surface area contributed by atoms with Gasteiger partial charge in [0.1, 0.15) is 5.54 Å². The summed E-state index contributed by atoms with van der Waals surface area (Å²) in [6, 6.07) is 0. The van der Waals surface area contributed by atoms with Gasteiger partial charge < -0.3 is 21.1 Å². The molecule has 0 aromatic rings. The van der Waals surface area contributed by atoms with E-state index in [0.717, 1.165) is 6.42 Å². The lowest BCUT2D eigenvalue weighted by Gasteiger charge is -2.60. The third-order valence-electron chi connectivity index (χ3n) is 4.75. The summed E-state index contributed by atoms with van der Waals surface area (Å²) in [6.45, 7) is 10.2. The minimum Gasteiger partial charge on any atom is -0.377 e. The fraction of sp³-hybridized carbons (Fsp3) is 0.867. The molecule has 4 N–H and O–H groups in total. The number of carbonyl (C=O) groups is 2. The van der Waals surface area contributed by atoms with E-state index in [1.807, 2.05) is 34.6 Å². The van der Waals surface area contributed by atoms with Crippen molar-refractivity contribution < 1.29 is 14.3 Å². The Labute approximate surface area is 126 Å². The molecule has 1 heterocycles. The molecule has 6 nitrogen and oxygen atoms in total. The number of nitrogens with one attached hydrogen (secondary N) is 2. The third-order valence-corrected chi connectivity index (χ3v) is 4.75. The van der Waals surface area contributed by atoms with Gasteiger partial charge in [-0.2, -0.15) is 0 Å². The Morgan fingerprint density at radius 3 is 2.52 bits per heavy atom. The standard InChI is InChI=1S/C15H27N3O3/c1-13(2,3)18-10(19)8-17-12(20)15(16)9-6-7-21-11(9)14(15,4)5/h9,11H,6-8,16H2,1-5H3,(H,17,20)(H,18,19). The molecule has 2 aliphatic rings. The van der Waals surface area contributed by atoms with E-state index in [4.69, 9.17) is 10.5 Å². The average Bonchev–Trinajstić information content (AvgIpc) is 2.80. The van der Waals surface area contributed by atoms with Crippen LogP contribution < -0.4 is 16.4 Å². The van der Waals surface area contributed by atoms with Crippen LogP contribution in [0.1, 0.15) is 41.0 Å². The zero-order valence-corrected chi connectivity index (χ0v) is 13.6. The van der Waals surface area contributed by atoms with E-state index >= 15 is 0 Å². The second-order valence-corrected chi connectivity index (χ2v) is 7.76. The Bertz CT molecular complexity index is 456. The molecule has 2 fully saturated rings. The number of ether oxygens (including phenoxy) is 1. The van der Waals surface area contributed by atoms with Crippen molar-refractivity contribution >= 4 is 11.8 Å². The lowest BCUT2D eigenvalue weighted by atomic mass is 9.48. The van der Waals surface area contributed by atoms with Crippen LogP contribution in [-0.4, -0.2) is 42.1 Å². The average molecular weight is 297 g/mol. The lowest BCUT2D eigenvalue weighted by molar-refractivity contribution is -0.175. The van der Waals surface area contributed by atoms with Crippen molar-refractivity contribution in [3.05, 3.63) is 0 Å². The SMILES string of the molecule is CC(C)(C)NC(=O)CNC(=O)C1(N)C2CCOC2C1(C)C. The first kappa shape index (κ1) is 16.2. The number of fused-ring (bicyclic) bond motifs is 1. The highest BCUT2D eigenvalue weighted by Crippen LogP contribution is 2.58. The van der Waals surface area contributed by atoms with Gasteiger partial charge in [-0.05, 0) is 27.2 Å². The van der Waals surface area contributed by atoms with Crippen LogP contribution in [0.15, 0.2) is 0 Å². The van der Waals surface area contributed by atoms with Crippen LogP contribution in [0.25, 0.3) is 0 Å². The van der Waals surface area contributed by atoms with E-state index < -0.39 is 11.0 Å². The molecular weight excluding hydrogens is 270 g/mol. The van der Waals surface area contributed by atoms with Crippen LogP contribution in [0, 0.1) is 11.3 Å². The lowest BCUT2D eigenvalue weighted by Crippen LogP contribution is -2.80. The summed E-state index contributed by atoms with van der Waals surface area (Å²) in [7, 11) is 0. The molecule has 0 spiro atoms.